The van der Waals surface area contributed by atoms with Crippen molar-refractivity contribution >= 4 is 5.91 Å². The van der Waals surface area contributed by atoms with Gasteiger partial charge in [-0.3, -0.25) is 4.79 Å². The Labute approximate surface area is 115 Å². The standard InChI is InChI=1S/C16H24N2O/c1-11(2)18-16(19)15(10-17)9-12-3-5-13(6-4-12)14-7-8-14/h3-6,11,14-15H,7-10,17H2,1-2H3,(H,18,19). The van der Waals surface area contributed by atoms with Crippen LogP contribution in [0.5, 0.6) is 0 Å². The van der Waals surface area contributed by atoms with Crippen molar-refractivity contribution in [2.45, 2.75) is 45.1 Å². The molecule has 0 heterocycles. The molecule has 1 unspecified atom stereocenters. The lowest BCUT2D eigenvalue weighted by Gasteiger charge is -2.17. The van der Waals surface area contributed by atoms with Crippen LogP contribution in [0.15, 0.2) is 24.3 Å². The molecule has 104 valence electrons. The van der Waals surface area contributed by atoms with E-state index in [1.165, 1.54) is 24.0 Å². The van der Waals surface area contributed by atoms with Gasteiger partial charge in [-0.05, 0) is 50.2 Å². The summed E-state index contributed by atoms with van der Waals surface area (Å²) in [6.45, 7) is 4.33. The number of hydrogen-bond acceptors (Lipinski definition) is 2. The summed E-state index contributed by atoms with van der Waals surface area (Å²) in [5, 5.41) is 2.93. The minimum atomic E-state index is -0.130. The number of hydrogen-bond donors (Lipinski definition) is 2. The van der Waals surface area contributed by atoms with Crippen molar-refractivity contribution in [3.05, 3.63) is 35.4 Å². The Bertz CT molecular complexity index is 421. The van der Waals surface area contributed by atoms with Crippen LogP contribution in [0.1, 0.15) is 43.7 Å². The molecule has 0 aromatic heterocycles. The fourth-order valence-corrected chi connectivity index (χ4v) is 2.31. The fourth-order valence-electron chi connectivity index (χ4n) is 2.31. The average Bonchev–Trinajstić information content (AvgIpc) is 3.20. The minimum absolute atomic E-state index is 0.0590. The van der Waals surface area contributed by atoms with Gasteiger partial charge in [-0.25, -0.2) is 0 Å². The normalized spacial score (nSPS) is 16.4. The zero-order chi connectivity index (χ0) is 13.8. The van der Waals surface area contributed by atoms with Gasteiger partial charge in [0.25, 0.3) is 0 Å². The third kappa shape index (κ3) is 4.06. The molecule has 1 saturated carbocycles. The molecule has 0 bridgehead atoms. The van der Waals surface area contributed by atoms with E-state index < -0.39 is 0 Å². The predicted molar refractivity (Wildman–Crippen MR) is 77.9 cm³/mol. The molecule has 0 spiro atoms. The summed E-state index contributed by atoms with van der Waals surface area (Å²) in [7, 11) is 0. The maximum absolute atomic E-state index is 12.0. The van der Waals surface area contributed by atoms with Crippen molar-refractivity contribution in [1.29, 1.82) is 0 Å². The van der Waals surface area contributed by atoms with E-state index in [0.29, 0.717) is 6.54 Å². The van der Waals surface area contributed by atoms with Crippen molar-refractivity contribution in [2.24, 2.45) is 11.7 Å². The number of carbonyl (C=O) groups is 1. The van der Waals surface area contributed by atoms with Crippen LogP contribution in [0.25, 0.3) is 0 Å². The fraction of sp³-hybridized carbons (Fsp3) is 0.562. The van der Waals surface area contributed by atoms with Crippen molar-refractivity contribution in [2.75, 3.05) is 6.54 Å². The average molecular weight is 260 g/mol. The highest BCUT2D eigenvalue weighted by atomic mass is 16.1. The van der Waals surface area contributed by atoms with Gasteiger partial charge in [0.05, 0.1) is 5.92 Å². The van der Waals surface area contributed by atoms with E-state index in [-0.39, 0.29) is 17.9 Å². The first-order valence-electron chi connectivity index (χ1n) is 7.19. The topological polar surface area (TPSA) is 55.1 Å². The smallest absolute Gasteiger partial charge is 0.224 e. The first-order chi connectivity index (χ1) is 9.10. The van der Waals surface area contributed by atoms with E-state index in [1.54, 1.807) is 0 Å². The van der Waals surface area contributed by atoms with Gasteiger partial charge in [0, 0.05) is 12.6 Å². The summed E-state index contributed by atoms with van der Waals surface area (Å²) in [5.41, 5.74) is 8.35. The van der Waals surface area contributed by atoms with E-state index in [2.05, 4.69) is 29.6 Å². The zero-order valence-electron chi connectivity index (χ0n) is 11.9. The Hall–Kier alpha value is -1.35. The largest absolute Gasteiger partial charge is 0.354 e. The summed E-state index contributed by atoms with van der Waals surface area (Å²) >= 11 is 0. The molecule has 1 atom stereocenters. The van der Waals surface area contributed by atoms with E-state index in [9.17, 15) is 4.79 Å². The molecule has 1 aliphatic rings. The molecule has 0 aliphatic heterocycles. The second kappa shape index (κ2) is 6.20. The molecule has 2 rings (SSSR count). The van der Waals surface area contributed by atoms with Crippen LogP contribution < -0.4 is 11.1 Å². The molecule has 1 fully saturated rings. The Morgan fingerprint density at radius 2 is 1.95 bits per heavy atom. The molecule has 1 aromatic carbocycles. The molecule has 3 nitrogen and oxygen atoms in total. The lowest BCUT2D eigenvalue weighted by Crippen LogP contribution is -2.39. The highest BCUT2D eigenvalue weighted by molar-refractivity contribution is 5.79. The van der Waals surface area contributed by atoms with Crippen LogP contribution in [0.2, 0.25) is 0 Å². The van der Waals surface area contributed by atoms with E-state index in [0.717, 1.165) is 12.3 Å². The number of nitrogens with two attached hydrogens (primary N) is 1. The lowest BCUT2D eigenvalue weighted by atomic mass is 9.97. The van der Waals surface area contributed by atoms with Crippen molar-refractivity contribution in [3.63, 3.8) is 0 Å². The van der Waals surface area contributed by atoms with Crippen molar-refractivity contribution in [3.8, 4) is 0 Å². The third-order valence-corrected chi connectivity index (χ3v) is 3.60. The van der Waals surface area contributed by atoms with Gasteiger partial charge in [-0.2, -0.15) is 0 Å². The highest BCUT2D eigenvalue weighted by Gasteiger charge is 2.23. The predicted octanol–water partition coefficient (Wildman–Crippen LogP) is 2.21. The number of amides is 1. The van der Waals surface area contributed by atoms with Gasteiger partial charge >= 0.3 is 0 Å². The van der Waals surface area contributed by atoms with Crippen molar-refractivity contribution in [1.82, 2.24) is 5.32 Å². The summed E-state index contributed by atoms with van der Waals surface area (Å²) in [6.07, 6.45) is 3.36. The third-order valence-electron chi connectivity index (χ3n) is 3.60. The van der Waals surface area contributed by atoms with E-state index in [1.807, 2.05) is 13.8 Å². The summed E-state index contributed by atoms with van der Waals surface area (Å²) in [5.74, 6) is 0.710. The van der Waals surface area contributed by atoms with Gasteiger partial charge < -0.3 is 11.1 Å². The summed E-state index contributed by atoms with van der Waals surface area (Å²) < 4.78 is 0. The molecule has 1 aromatic rings. The van der Waals surface area contributed by atoms with Crippen LogP contribution >= 0.6 is 0 Å². The van der Waals surface area contributed by atoms with E-state index >= 15 is 0 Å². The monoisotopic (exact) mass is 260 g/mol. The maximum Gasteiger partial charge on any atom is 0.224 e. The number of benzene rings is 1. The van der Waals surface area contributed by atoms with Gasteiger partial charge in [-0.1, -0.05) is 24.3 Å². The molecule has 19 heavy (non-hydrogen) atoms. The van der Waals surface area contributed by atoms with Crippen LogP contribution in [0.3, 0.4) is 0 Å². The Balaban J connectivity index is 1.95. The molecule has 0 saturated heterocycles. The lowest BCUT2D eigenvalue weighted by molar-refractivity contribution is -0.125. The maximum atomic E-state index is 12.0. The summed E-state index contributed by atoms with van der Waals surface area (Å²) in [4.78, 5) is 12.0. The van der Waals surface area contributed by atoms with Crippen LogP contribution in [-0.4, -0.2) is 18.5 Å². The molecular formula is C16H24N2O. The molecule has 0 radical (unpaired) electrons. The number of carbonyl (C=O) groups excluding carboxylic acids is 1. The van der Waals surface area contributed by atoms with Gasteiger partial charge in [0.15, 0.2) is 0 Å². The number of rotatable bonds is 6. The van der Waals surface area contributed by atoms with Gasteiger partial charge in [-0.15, -0.1) is 0 Å². The van der Waals surface area contributed by atoms with Crippen LogP contribution in [0.4, 0.5) is 0 Å². The highest BCUT2D eigenvalue weighted by Crippen LogP contribution is 2.39. The Morgan fingerprint density at radius 1 is 1.32 bits per heavy atom. The number of nitrogens with one attached hydrogen (secondary N) is 1. The molecule has 1 amide bonds. The van der Waals surface area contributed by atoms with Gasteiger partial charge in [0.1, 0.15) is 0 Å². The second-order valence-corrected chi connectivity index (χ2v) is 5.82. The van der Waals surface area contributed by atoms with Crippen molar-refractivity contribution < 1.29 is 4.79 Å². The first kappa shape index (κ1) is 14.1. The van der Waals surface area contributed by atoms with Gasteiger partial charge in [0.2, 0.25) is 5.91 Å². The van der Waals surface area contributed by atoms with Crippen LogP contribution in [-0.2, 0) is 11.2 Å². The Kier molecular flexibility index (Phi) is 4.59. The minimum Gasteiger partial charge on any atom is -0.354 e. The summed E-state index contributed by atoms with van der Waals surface area (Å²) in [6, 6.07) is 8.83. The molecule has 1 aliphatic carbocycles. The first-order valence-corrected chi connectivity index (χ1v) is 7.19. The second-order valence-electron chi connectivity index (χ2n) is 5.82. The molecular weight excluding hydrogens is 236 g/mol. The van der Waals surface area contributed by atoms with Crippen LogP contribution in [0, 0.1) is 5.92 Å². The zero-order valence-corrected chi connectivity index (χ0v) is 11.9. The quantitative estimate of drug-likeness (QED) is 0.824. The Morgan fingerprint density at radius 3 is 2.42 bits per heavy atom. The molecule has 3 N–H and O–H groups in total. The molecule has 3 heteroatoms. The van der Waals surface area contributed by atoms with E-state index in [4.69, 9.17) is 5.73 Å². The SMILES string of the molecule is CC(C)NC(=O)C(CN)Cc1ccc(C2CC2)cc1.